The predicted octanol–water partition coefficient (Wildman–Crippen LogP) is 3.20. The fourth-order valence-corrected chi connectivity index (χ4v) is 2.22. The van der Waals surface area contributed by atoms with Gasteiger partial charge in [0.05, 0.1) is 0 Å². The Morgan fingerprint density at radius 2 is 2.11 bits per heavy atom. The van der Waals surface area contributed by atoms with Gasteiger partial charge in [-0.1, -0.05) is 32.0 Å². The number of rotatable bonds is 6. The number of carbonyl (C=O) groups is 1. The van der Waals surface area contributed by atoms with Gasteiger partial charge in [0.2, 0.25) is 5.91 Å². The van der Waals surface area contributed by atoms with Crippen LogP contribution in [0.25, 0.3) is 0 Å². The molecule has 0 heterocycles. The van der Waals surface area contributed by atoms with Crippen molar-refractivity contribution in [3.8, 4) is 0 Å². The van der Waals surface area contributed by atoms with Crippen LogP contribution in [-0.2, 0) is 4.79 Å². The second kappa shape index (κ2) is 6.20. The maximum absolute atomic E-state index is 12.0. The Labute approximate surface area is 115 Å². The Bertz CT molecular complexity index is 450. The average Bonchev–Trinajstić information content (AvgIpc) is 3.15. The Hall–Kier alpha value is -1.35. The fourth-order valence-electron chi connectivity index (χ4n) is 2.22. The number of benzene rings is 1. The molecule has 0 radical (unpaired) electrons. The second-order valence-electron chi connectivity index (χ2n) is 5.72. The van der Waals surface area contributed by atoms with E-state index in [-0.39, 0.29) is 5.91 Å². The maximum Gasteiger partial charge on any atom is 0.225 e. The predicted molar refractivity (Wildman–Crippen MR) is 79.5 cm³/mol. The highest BCUT2D eigenvalue weighted by Gasteiger charge is 2.20. The lowest BCUT2D eigenvalue weighted by molar-refractivity contribution is -0.116. The van der Waals surface area contributed by atoms with E-state index in [9.17, 15) is 4.79 Å². The minimum Gasteiger partial charge on any atom is -0.326 e. The summed E-state index contributed by atoms with van der Waals surface area (Å²) in [6.45, 7) is 7.13. The van der Waals surface area contributed by atoms with E-state index in [1.54, 1.807) is 0 Å². The summed E-state index contributed by atoms with van der Waals surface area (Å²) in [6, 6.07) is 6.85. The number of carbonyl (C=O) groups excluding carboxylic acids is 1. The number of nitrogens with one attached hydrogen (secondary N) is 2. The molecule has 1 aromatic rings. The zero-order valence-corrected chi connectivity index (χ0v) is 12.1. The van der Waals surface area contributed by atoms with E-state index in [1.165, 1.54) is 18.4 Å². The molecule has 1 aliphatic rings. The van der Waals surface area contributed by atoms with Crippen LogP contribution in [0.1, 0.15) is 50.2 Å². The van der Waals surface area contributed by atoms with Crippen LogP contribution >= 0.6 is 0 Å². The van der Waals surface area contributed by atoms with Gasteiger partial charge in [-0.05, 0) is 36.8 Å². The first-order chi connectivity index (χ1) is 9.08. The molecule has 0 aromatic heterocycles. The first kappa shape index (κ1) is 14.1. The molecule has 3 nitrogen and oxygen atoms in total. The van der Waals surface area contributed by atoms with Gasteiger partial charge in [-0.3, -0.25) is 4.79 Å². The smallest absolute Gasteiger partial charge is 0.225 e. The number of hydrogen-bond acceptors (Lipinski definition) is 2. The Morgan fingerprint density at radius 3 is 2.74 bits per heavy atom. The van der Waals surface area contributed by atoms with Crippen LogP contribution in [-0.4, -0.2) is 18.5 Å². The number of anilines is 1. The van der Waals surface area contributed by atoms with Crippen molar-refractivity contribution >= 4 is 11.6 Å². The summed E-state index contributed by atoms with van der Waals surface area (Å²) in [6.07, 6.45) is 3.07. The molecule has 0 spiro atoms. The van der Waals surface area contributed by atoms with E-state index < -0.39 is 0 Å². The van der Waals surface area contributed by atoms with Crippen LogP contribution in [0.3, 0.4) is 0 Å². The molecular formula is C16H24N2O. The van der Waals surface area contributed by atoms with Gasteiger partial charge < -0.3 is 10.6 Å². The molecule has 19 heavy (non-hydrogen) atoms. The van der Waals surface area contributed by atoms with Gasteiger partial charge in [0.15, 0.2) is 0 Å². The third-order valence-electron chi connectivity index (χ3n) is 3.55. The molecule has 2 rings (SSSR count). The van der Waals surface area contributed by atoms with Gasteiger partial charge in [-0.25, -0.2) is 0 Å². The molecule has 0 saturated heterocycles. The van der Waals surface area contributed by atoms with Crippen molar-refractivity contribution in [3.05, 3.63) is 29.3 Å². The molecule has 1 aliphatic carbocycles. The van der Waals surface area contributed by atoms with Crippen molar-refractivity contribution in [2.24, 2.45) is 0 Å². The monoisotopic (exact) mass is 260 g/mol. The van der Waals surface area contributed by atoms with E-state index in [2.05, 4.69) is 36.6 Å². The van der Waals surface area contributed by atoms with E-state index in [0.717, 1.165) is 17.8 Å². The summed E-state index contributed by atoms with van der Waals surface area (Å²) in [5.41, 5.74) is 3.34. The molecule has 1 aromatic carbocycles. The van der Waals surface area contributed by atoms with Crippen molar-refractivity contribution in [1.29, 1.82) is 0 Å². The molecule has 1 saturated carbocycles. The molecule has 1 fully saturated rings. The molecule has 1 amide bonds. The van der Waals surface area contributed by atoms with Crippen LogP contribution in [0, 0.1) is 6.92 Å². The van der Waals surface area contributed by atoms with E-state index >= 15 is 0 Å². The molecule has 0 atom stereocenters. The van der Waals surface area contributed by atoms with Crippen LogP contribution in [0.2, 0.25) is 0 Å². The first-order valence-electron chi connectivity index (χ1n) is 7.20. The SMILES string of the molecule is Cc1cccc(C(C)C)c1NC(=O)CCNC1CC1. The van der Waals surface area contributed by atoms with Gasteiger partial charge in [0.1, 0.15) is 0 Å². The lowest BCUT2D eigenvalue weighted by atomic mass is 9.98. The van der Waals surface area contributed by atoms with E-state index in [1.807, 2.05) is 13.0 Å². The Kier molecular flexibility index (Phi) is 4.59. The van der Waals surface area contributed by atoms with Crippen molar-refractivity contribution in [1.82, 2.24) is 5.32 Å². The summed E-state index contributed by atoms with van der Waals surface area (Å²) in [5, 5.41) is 6.44. The largest absolute Gasteiger partial charge is 0.326 e. The maximum atomic E-state index is 12.0. The van der Waals surface area contributed by atoms with Crippen LogP contribution in [0.15, 0.2) is 18.2 Å². The molecule has 0 aliphatic heterocycles. The van der Waals surface area contributed by atoms with Crippen molar-refractivity contribution < 1.29 is 4.79 Å². The highest BCUT2D eigenvalue weighted by Crippen LogP contribution is 2.27. The molecule has 0 unspecified atom stereocenters. The lowest BCUT2D eigenvalue weighted by Crippen LogP contribution is -2.23. The molecular weight excluding hydrogens is 236 g/mol. The number of amides is 1. The quantitative estimate of drug-likeness (QED) is 0.824. The number of aryl methyl sites for hydroxylation is 1. The number of hydrogen-bond donors (Lipinski definition) is 2. The molecule has 3 heteroatoms. The van der Waals surface area contributed by atoms with Crippen molar-refractivity contribution in [2.75, 3.05) is 11.9 Å². The van der Waals surface area contributed by atoms with Crippen LogP contribution in [0.5, 0.6) is 0 Å². The summed E-state index contributed by atoms with van der Waals surface area (Å²) >= 11 is 0. The number of para-hydroxylation sites is 1. The second-order valence-corrected chi connectivity index (χ2v) is 5.72. The van der Waals surface area contributed by atoms with Gasteiger partial charge in [-0.15, -0.1) is 0 Å². The molecule has 2 N–H and O–H groups in total. The summed E-state index contributed by atoms with van der Waals surface area (Å²) in [7, 11) is 0. The highest BCUT2D eigenvalue weighted by atomic mass is 16.1. The molecule has 0 bridgehead atoms. The van der Waals surface area contributed by atoms with Gasteiger partial charge in [0.25, 0.3) is 0 Å². The minimum atomic E-state index is 0.101. The standard InChI is InChI=1S/C16H24N2O/c1-11(2)14-6-4-5-12(3)16(14)18-15(19)9-10-17-13-7-8-13/h4-6,11,13,17H,7-10H2,1-3H3,(H,18,19). The highest BCUT2D eigenvalue weighted by molar-refractivity contribution is 5.92. The lowest BCUT2D eigenvalue weighted by Gasteiger charge is -2.16. The van der Waals surface area contributed by atoms with Crippen molar-refractivity contribution in [3.63, 3.8) is 0 Å². The average molecular weight is 260 g/mol. The molecule has 104 valence electrons. The first-order valence-corrected chi connectivity index (χ1v) is 7.20. The summed E-state index contributed by atoms with van der Waals surface area (Å²) in [5.74, 6) is 0.518. The zero-order valence-electron chi connectivity index (χ0n) is 12.1. The summed E-state index contributed by atoms with van der Waals surface area (Å²) < 4.78 is 0. The third kappa shape index (κ3) is 4.06. The van der Waals surface area contributed by atoms with E-state index in [4.69, 9.17) is 0 Å². The van der Waals surface area contributed by atoms with E-state index in [0.29, 0.717) is 18.4 Å². The fraction of sp³-hybridized carbons (Fsp3) is 0.562. The topological polar surface area (TPSA) is 41.1 Å². The van der Waals surface area contributed by atoms with Crippen LogP contribution < -0.4 is 10.6 Å². The van der Waals surface area contributed by atoms with Gasteiger partial charge >= 0.3 is 0 Å². The minimum absolute atomic E-state index is 0.101. The van der Waals surface area contributed by atoms with Gasteiger partial charge in [-0.2, -0.15) is 0 Å². The zero-order chi connectivity index (χ0) is 13.8. The Balaban J connectivity index is 1.94. The third-order valence-corrected chi connectivity index (χ3v) is 3.55. The van der Waals surface area contributed by atoms with Gasteiger partial charge in [0, 0.05) is 24.7 Å². The van der Waals surface area contributed by atoms with Crippen molar-refractivity contribution in [2.45, 2.75) is 52.0 Å². The Morgan fingerprint density at radius 1 is 1.37 bits per heavy atom. The van der Waals surface area contributed by atoms with Crippen LogP contribution in [0.4, 0.5) is 5.69 Å². The normalized spacial score (nSPS) is 14.7. The summed E-state index contributed by atoms with van der Waals surface area (Å²) in [4.78, 5) is 12.0.